The number of hydrogen-bond acceptors (Lipinski definition) is 6. The number of thiazole rings is 1. The van der Waals surface area contributed by atoms with Gasteiger partial charge in [-0.2, -0.15) is 0 Å². The molecule has 0 amide bonds. The number of nitrogens with zero attached hydrogens (tertiary/aromatic N) is 2. The Balaban J connectivity index is 0.00000450. The molecule has 30 heavy (non-hydrogen) atoms. The zero-order chi connectivity index (χ0) is 21.2. The molecule has 2 unspecified atom stereocenters. The second kappa shape index (κ2) is 14.2. The molecule has 1 heterocycles. The molecule has 2 N–H and O–H groups in total. The quantitative estimate of drug-likeness (QED) is 0.193. The molecular weight excluding hydrogens is 515 g/mol. The third-order valence-electron chi connectivity index (χ3n) is 5.25. The Bertz CT molecular complexity index is 677. The van der Waals surface area contributed by atoms with Crippen molar-refractivity contribution >= 4 is 47.2 Å². The van der Waals surface area contributed by atoms with E-state index in [1.54, 1.807) is 14.0 Å². The number of aliphatic imine (C=N–C) groups is 1. The van der Waals surface area contributed by atoms with Gasteiger partial charge in [-0.05, 0) is 52.9 Å². The van der Waals surface area contributed by atoms with E-state index in [1.807, 2.05) is 13.8 Å². The van der Waals surface area contributed by atoms with Crippen LogP contribution >= 0.6 is 35.3 Å². The highest BCUT2D eigenvalue weighted by molar-refractivity contribution is 14.0. The van der Waals surface area contributed by atoms with Gasteiger partial charge in [0.2, 0.25) is 0 Å². The first kappa shape index (κ1) is 27.1. The zero-order valence-corrected chi connectivity index (χ0v) is 22.0. The van der Waals surface area contributed by atoms with E-state index in [4.69, 9.17) is 9.47 Å². The van der Waals surface area contributed by atoms with Gasteiger partial charge in [-0.1, -0.05) is 12.8 Å². The smallest absolute Gasteiger partial charge is 0.350 e. The van der Waals surface area contributed by atoms with E-state index in [0.29, 0.717) is 29.2 Å². The molecule has 0 spiro atoms. The highest BCUT2D eigenvalue weighted by atomic mass is 127. The van der Waals surface area contributed by atoms with Crippen LogP contribution in [0.15, 0.2) is 4.99 Å². The third kappa shape index (κ3) is 7.96. The predicted molar refractivity (Wildman–Crippen MR) is 133 cm³/mol. The summed E-state index contributed by atoms with van der Waals surface area (Å²) in [7, 11) is 1.76. The summed E-state index contributed by atoms with van der Waals surface area (Å²) in [5.41, 5.74) is 0.705. The zero-order valence-electron chi connectivity index (χ0n) is 18.8. The fourth-order valence-corrected chi connectivity index (χ4v) is 4.74. The first-order chi connectivity index (χ1) is 14.0. The monoisotopic (exact) mass is 552 g/mol. The summed E-state index contributed by atoms with van der Waals surface area (Å²) < 4.78 is 11.1. The van der Waals surface area contributed by atoms with Crippen molar-refractivity contribution in [1.82, 2.24) is 15.6 Å². The van der Waals surface area contributed by atoms with E-state index in [1.165, 1.54) is 37.0 Å². The maximum absolute atomic E-state index is 12.0. The number of rotatable bonds is 10. The normalized spacial score (nSPS) is 16.6. The number of ether oxygens (including phenoxy) is 2. The van der Waals surface area contributed by atoms with Crippen LogP contribution in [0.2, 0.25) is 0 Å². The summed E-state index contributed by atoms with van der Waals surface area (Å²) in [5, 5.41) is 7.59. The largest absolute Gasteiger partial charge is 0.462 e. The molecule has 0 aliphatic heterocycles. The van der Waals surface area contributed by atoms with Crippen molar-refractivity contribution in [2.75, 3.05) is 26.8 Å². The number of halogens is 1. The minimum Gasteiger partial charge on any atom is -0.462 e. The lowest BCUT2D eigenvalue weighted by molar-refractivity contribution is 0.0169. The topological polar surface area (TPSA) is 84.8 Å². The van der Waals surface area contributed by atoms with Crippen molar-refractivity contribution in [1.29, 1.82) is 0 Å². The molecule has 1 aliphatic rings. The summed E-state index contributed by atoms with van der Waals surface area (Å²) in [4.78, 5) is 21.5. The average Bonchev–Trinajstić information content (AvgIpc) is 3.36. The third-order valence-corrected chi connectivity index (χ3v) is 6.57. The number of guanidine groups is 1. The highest BCUT2D eigenvalue weighted by Gasteiger charge is 2.25. The van der Waals surface area contributed by atoms with E-state index >= 15 is 0 Å². The van der Waals surface area contributed by atoms with Gasteiger partial charge in [0, 0.05) is 20.2 Å². The standard InChI is InChI=1S/C21H36N4O3S.HI/c1-6-27-17(16-10-8-9-11-16)12-13-23-21(22-5)25-15(4)19-24-14(3)18(29-19)20(26)28-7-2;/h15-17H,6-13H2,1-5H3,(H2,22,23,25);1H. The first-order valence-electron chi connectivity index (χ1n) is 10.7. The first-order valence-corrected chi connectivity index (χ1v) is 11.5. The molecule has 1 aliphatic carbocycles. The van der Waals surface area contributed by atoms with Crippen LogP contribution in [0.1, 0.15) is 79.3 Å². The Labute approximate surface area is 201 Å². The minimum atomic E-state index is -0.308. The number of esters is 1. The average molecular weight is 553 g/mol. The fourth-order valence-electron chi connectivity index (χ4n) is 3.78. The van der Waals surface area contributed by atoms with E-state index < -0.39 is 0 Å². The molecule has 0 radical (unpaired) electrons. The number of carbonyl (C=O) groups excluding carboxylic acids is 1. The second-order valence-corrected chi connectivity index (χ2v) is 8.41. The maximum atomic E-state index is 12.0. The molecular formula is C21H37IN4O3S. The molecule has 0 aromatic carbocycles. The Morgan fingerprint density at radius 1 is 1.30 bits per heavy atom. The molecule has 0 bridgehead atoms. The van der Waals surface area contributed by atoms with Gasteiger partial charge in [-0.25, -0.2) is 9.78 Å². The highest BCUT2D eigenvalue weighted by Crippen LogP contribution is 2.30. The minimum absolute atomic E-state index is 0. The molecule has 0 saturated heterocycles. The van der Waals surface area contributed by atoms with Crippen LogP contribution in [-0.4, -0.2) is 49.8 Å². The van der Waals surface area contributed by atoms with Crippen LogP contribution in [0.4, 0.5) is 0 Å². The van der Waals surface area contributed by atoms with Crippen LogP contribution in [-0.2, 0) is 9.47 Å². The van der Waals surface area contributed by atoms with Crippen molar-refractivity contribution in [3.05, 3.63) is 15.6 Å². The van der Waals surface area contributed by atoms with Crippen LogP contribution < -0.4 is 10.6 Å². The van der Waals surface area contributed by atoms with Gasteiger partial charge in [0.15, 0.2) is 5.96 Å². The number of hydrogen-bond donors (Lipinski definition) is 2. The van der Waals surface area contributed by atoms with Crippen LogP contribution in [0, 0.1) is 12.8 Å². The van der Waals surface area contributed by atoms with Crippen LogP contribution in [0.5, 0.6) is 0 Å². The number of aryl methyl sites for hydroxylation is 1. The van der Waals surface area contributed by atoms with Crippen molar-refractivity contribution in [2.24, 2.45) is 10.9 Å². The van der Waals surface area contributed by atoms with Gasteiger partial charge >= 0.3 is 5.97 Å². The maximum Gasteiger partial charge on any atom is 0.350 e. The Morgan fingerprint density at radius 2 is 2.00 bits per heavy atom. The second-order valence-electron chi connectivity index (χ2n) is 7.38. The summed E-state index contributed by atoms with van der Waals surface area (Å²) in [5.74, 6) is 1.10. The predicted octanol–water partition coefficient (Wildman–Crippen LogP) is 4.46. The van der Waals surface area contributed by atoms with Crippen LogP contribution in [0.3, 0.4) is 0 Å². The van der Waals surface area contributed by atoms with E-state index in [0.717, 1.165) is 30.5 Å². The Morgan fingerprint density at radius 3 is 2.60 bits per heavy atom. The molecule has 1 aromatic heterocycles. The van der Waals surface area contributed by atoms with Crippen LogP contribution in [0.25, 0.3) is 0 Å². The van der Waals surface area contributed by atoms with Gasteiger partial charge in [0.25, 0.3) is 0 Å². The van der Waals surface area contributed by atoms with Crippen molar-refractivity contribution < 1.29 is 14.3 Å². The van der Waals surface area contributed by atoms with Crippen molar-refractivity contribution in [3.8, 4) is 0 Å². The van der Waals surface area contributed by atoms with Gasteiger partial charge < -0.3 is 20.1 Å². The van der Waals surface area contributed by atoms with Crippen molar-refractivity contribution in [2.45, 2.75) is 71.9 Å². The van der Waals surface area contributed by atoms with Gasteiger partial charge in [-0.15, -0.1) is 35.3 Å². The fraction of sp³-hybridized carbons (Fsp3) is 0.762. The Kier molecular flexibility index (Phi) is 12.8. The Hall–Kier alpha value is -0.940. The molecule has 2 atom stereocenters. The van der Waals surface area contributed by atoms with E-state index in [9.17, 15) is 4.79 Å². The molecule has 172 valence electrons. The molecule has 7 nitrogen and oxygen atoms in total. The van der Waals surface area contributed by atoms with Gasteiger partial charge in [0.1, 0.15) is 9.88 Å². The lowest BCUT2D eigenvalue weighted by Crippen LogP contribution is -2.40. The van der Waals surface area contributed by atoms with E-state index in [-0.39, 0.29) is 36.0 Å². The summed E-state index contributed by atoms with van der Waals surface area (Å²) in [6.45, 7) is 9.65. The lowest BCUT2D eigenvalue weighted by atomic mass is 9.98. The molecule has 9 heteroatoms. The summed E-state index contributed by atoms with van der Waals surface area (Å²) in [6.07, 6.45) is 6.49. The summed E-state index contributed by atoms with van der Waals surface area (Å²) in [6, 6.07) is -0.0643. The number of carbonyl (C=O) groups is 1. The van der Waals surface area contributed by atoms with E-state index in [2.05, 4.69) is 27.5 Å². The molecule has 2 rings (SSSR count). The number of aromatic nitrogens is 1. The molecule has 1 saturated carbocycles. The lowest BCUT2D eigenvalue weighted by Gasteiger charge is -2.24. The van der Waals surface area contributed by atoms with Gasteiger partial charge in [-0.3, -0.25) is 4.99 Å². The number of nitrogens with one attached hydrogen (secondary N) is 2. The summed E-state index contributed by atoms with van der Waals surface area (Å²) >= 11 is 1.37. The van der Waals surface area contributed by atoms with Crippen molar-refractivity contribution in [3.63, 3.8) is 0 Å². The molecule has 1 aromatic rings. The van der Waals surface area contributed by atoms with Gasteiger partial charge in [0.05, 0.1) is 24.4 Å². The molecule has 1 fully saturated rings. The SMILES string of the molecule is CCOC(=O)c1sc(C(C)NC(=NC)NCCC(OCC)C2CCCC2)nc1C.I.